The lowest BCUT2D eigenvalue weighted by Gasteiger charge is -2.04. The lowest BCUT2D eigenvalue weighted by molar-refractivity contribution is -0.138. The summed E-state index contributed by atoms with van der Waals surface area (Å²) in [6, 6.07) is 0. The molecular weight excluding hydrogens is 172 g/mol. The van der Waals surface area contributed by atoms with Crippen LogP contribution in [0, 0.1) is 0 Å². The van der Waals surface area contributed by atoms with E-state index in [1.165, 1.54) is 0 Å². The van der Waals surface area contributed by atoms with Crippen LogP contribution in [0.15, 0.2) is 11.6 Å². The van der Waals surface area contributed by atoms with E-state index in [1.54, 1.807) is 19.9 Å². The second-order valence-electron chi connectivity index (χ2n) is 2.68. The fourth-order valence-electron chi connectivity index (χ4n) is 0.716. The number of rotatable bonds is 5. The first-order valence-electron chi connectivity index (χ1n) is 4.24. The summed E-state index contributed by atoms with van der Waals surface area (Å²) in [5.74, 6) is -0.382. The van der Waals surface area contributed by atoms with E-state index in [0.717, 1.165) is 0 Å². The van der Waals surface area contributed by atoms with Crippen molar-refractivity contribution in [3.05, 3.63) is 11.6 Å². The van der Waals surface area contributed by atoms with Gasteiger partial charge in [0.1, 0.15) is 0 Å². The third-order valence-corrected chi connectivity index (χ3v) is 1.50. The lowest BCUT2D eigenvalue weighted by Crippen LogP contribution is -2.11. The van der Waals surface area contributed by atoms with E-state index < -0.39 is 6.10 Å². The monoisotopic (exact) mass is 188 g/mol. The zero-order chi connectivity index (χ0) is 10.3. The van der Waals surface area contributed by atoms with Gasteiger partial charge in [0.25, 0.3) is 0 Å². The van der Waals surface area contributed by atoms with Crippen LogP contribution in [0.1, 0.15) is 20.3 Å². The average Bonchev–Trinajstić information content (AvgIpc) is 2.13. The fraction of sp³-hybridized carbons (Fsp3) is 0.667. The highest BCUT2D eigenvalue weighted by Crippen LogP contribution is 2.01. The van der Waals surface area contributed by atoms with E-state index in [4.69, 9.17) is 14.9 Å². The Morgan fingerprint density at radius 3 is 2.69 bits per heavy atom. The summed E-state index contributed by atoms with van der Waals surface area (Å²) in [6.45, 7) is 3.38. The Hall–Kier alpha value is -0.870. The van der Waals surface area contributed by atoms with Gasteiger partial charge in [0.05, 0.1) is 19.3 Å². The minimum Gasteiger partial charge on any atom is -0.463 e. The van der Waals surface area contributed by atoms with Gasteiger partial charge in [-0.15, -0.1) is 0 Å². The van der Waals surface area contributed by atoms with Crippen LogP contribution in [0.25, 0.3) is 0 Å². The highest BCUT2D eigenvalue weighted by atomic mass is 16.5. The lowest BCUT2D eigenvalue weighted by atomic mass is 10.2. The van der Waals surface area contributed by atoms with E-state index >= 15 is 0 Å². The van der Waals surface area contributed by atoms with Crippen molar-refractivity contribution in [2.75, 3.05) is 13.2 Å². The van der Waals surface area contributed by atoms with E-state index in [0.29, 0.717) is 12.2 Å². The first-order chi connectivity index (χ1) is 6.11. The quantitative estimate of drug-likeness (QED) is 0.479. The van der Waals surface area contributed by atoms with E-state index in [1.807, 2.05) is 0 Å². The number of aliphatic hydroxyl groups excluding tert-OH is 2. The molecule has 0 amide bonds. The number of hydrogen-bond acceptors (Lipinski definition) is 4. The topological polar surface area (TPSA) is 66.8 Å². The standard InChI is InChI=1S/C9H16O4/c1-3-13-9(12)7(2)4-5-8(11)6-10/h4,8,10-11H,3,5-6H2,1-2H3/b7-4+/t8-/m0/s1. The van der Waals surface area contributed by atoms with Gasteiger partial charge in [0, 0.05) is 5.57 Å². The highest BCUT2D eigenvalue weighted by molar-refractivity contribution is 5.87. The van der Waals surface area contributed by atoms with Crippen LogP contribution in [0.4, 0.5) is 0 Å². The second-order valence-corrected chi connectivity index (χ2v) is 2.68. The van der Waals surface area contributed by atoms with E-state index in [-0.39, 0.29) is 19.0 Å². The maximum absolute atomic E-state index is 11.0. The molecule has 4 heteroatoms. The van der Waals surface area contributed by atoms with Gasteiger partial charge in [-0.1, -0.05) is 6.08 Å². The summed E-state index contributed by atoms with van der Waals surface area (Å²) < 4.78 is 4.72. The van der Waals surface area contributed by atoms with Crippen LogP contribution in [0.3, 0.4) is 0 Å². The van der Waals surface area contributed by atoms with Crippen LogP contribution in [-0.4, -0.2) is 35.5 Å². The Morgan fingerprint density at radius 1 is 1.62 bits per heavy atom. The summed E-state index contributed by atoms with van der Waals surface area (Å²) in [6.07, 6.45) is 1.02. The molecule has 0 saturated carbocycles. The van der Waals surface area contributed by atoms with Crippen molar-refractivity contribution in [1.29, 1.82) is 0 Å². The molecule has 13 heavy (non-hydrogen) atoms. The summed E-state index contributed by atoms with van der Waals surface area (Å²) in [7, 11) is 0. The molecule has 4 nitrogen and oxygen atoms in total. The van der Waals surface area contributed by atoms with E-state index in [2.05, 4.69) is 0 Å². The molecule has 0 aliphatic carbocycles. The van der Waals surface area contributed by atoms with Crippen molar-refractivity contribution >= 4 is 5.97 Å². The van der Waals surface area contributed by atoms with Crippen molar-refractivity contribution in [2.45, 2.75) is 26.4 Å². The van der Waals surface area contributed by atoms with Gasteiger partial charge in [-0.25, -0.2) is 4.79 Å². The molecular formula is C9H16O4. The molecule has 0 aliphatic heterocycles. The molecule has 2 N–H and O–H groups in total. The number of ether oxygens (including phenoxy) is 1. The van der Waals surface area contributed by atoms with Crippen LogP contribution >= 0.6 is 0 Å². The van der Waals surface area contributed by atoms with Gasteiger partial charge in [0.15, 0.2) is 0 Å². The zero-order valence-corrected chi connectivity index (χ0v) is 7.99. The summed E-state index contributed by atoms with van der Waals surface area (Å²) in [4.78, 5) is 11.0. The Balaban J connectivity index is 3.93. The fourth-order valence-corrected chi connectivity index (χ4v) is 0.716. The predicted octanol–water partition coefficient (Wildman–Crippen LogP) is 0.239. The van der Waals surface area contributed by atoms with Crippen molar-refractivity contribution in [3.63, 3.8) is 0 Å². The maximum atomic E-state index is 11.0. The van der Waals surface area contributed by atoms with Gasteiger partial charge in [-0.05, 0) is 20.3 Å². The van der Waals surface area contributed by atoms with Gasteiger partial charge in [0.2, 0.25) is 0 Å². The molecule has 0 radical (unpaired) electrons. The maximum Gasteiger partial charge on any atom is 0.333 e. The molecule has 0 fully saturated rings. The van der Waals surface area contributed by atoms with Crippen LogP contribution in [0.5, 0.6) is 0 Å². The third kappa shape index (κ3) is 5.38. The SMILES string of the molecule is CCOC(=O)/C(C)=C/C[C@H](O)CO. The van der Waals surface area contributed by atoms with Crippen molar-refractivity contribution in [2.24, 2.45) is 0 Å². The first-order valence-corrected chi connectivity index (χ1v) is 4.24. The Kier molecular flexibility index (Phi) is 6.18. The van der Waals surface area contributed by atoms with Crippen LogP contribution in [-0.2, 0) is 9.53 Å². The average molecular weight is 188 g/mol. The molecule has 0 aromatic heterocycles. The Labute approximate surface area is 77.8 Å². The van der Waals surface area contributed by atoms with Gasteiger partial charge in [-0.2, -0.15) is 0 Å². The Morgan fingerprint density at radius 2 is 2.23 bits per heavy atom. The van der Waals surface area contributed by atoms with Crippen molar-refractivity contribution < 1.29 is 19.7 Å². The van der Waals surface area contributed by atoms with Crippen LogP contribution < -0.4 is 0 Å². The highest BCUT2D eigenvalue weighted by Gasteiger charge is 2.05. The third-order valence-electron chi connectivity index (χ3n) is 1.50. The van der Waals surface area contributed by atoms with Gasteiger partial charge >= 0.3 is 5.97 Å². The minimum atomic E-state index is -0.802. The normalized spacial score (nSPS) is 14.0. The smallest absolute Gasteiger partial charge is 0.333 e. The summed E-state index contributed by atoms with van der Waals surface area (Å²) >= 11 is 0. The Bertz CT molecular complexity index is 186. The van der Waals surface area contributed by atoms with Crippen molar-refractivity contribution in [3.8, 4) is 0 Å². The van der Waals surface area contributed by atoms with Crippen molar-refractivity contribution in [1.82, 2.24) is 0 Å². The van der Waals surface area contributed by atoms with Crippen LogP contribution in [0.2, 0.25) is 0 Å². The second kappa shape index (κ2) is 6.62. The molecule has 0 aromatic rings. The summed E-state index contributed by atoms with van der Waals surface area (Å²) in [5, 5.41) is 17.5. The molecule has 0 spiro atoms. The molecule has 0 bridgehead atoms. The molecule has 0 unspecified atom stereocenters. The predicted molar refractivity (Wildman–Crippen MR) is 48.1 cm³/mol. The molecule has 0 aliphatic rings. The molecule has 0 aromatic carbocycles. The number of carbonyl (C=O) groups is 1. The minimum absolute atomic E-state index is 0.265. The zero-order valence-electron chi connectivity index (χ0n) is 7.99. The molecule has 0 saturated heterocycles. The van der Waals surface area contributed by atoms with E-state index in [9.17, 15) is 4.79 Å². The molecule has 0 heterocycles. The van der Waals surface area contributed by atoms with Gasteiger partial charge < -0.3 is 14.9 Å². The number of hydrogen-bond donors (Lipinski definition) is 2. The number of carbonyl (C=O) groups excluding carboxylic acids is 1. The first kappa shape index (κ1) is 12.1. The molecule has 76 valence electrons. The molecule has 1 atom stereocenters. The van der Waals surface area contributed by atoms with Gasteiger partial charge in [-0.3, -0.25) is 0 Å². The number of esters is 1. The number of aliphatic hydroxyl groups is 2. The molecule has 0 rings (SSSR count). The largest absolute Gasteiger partial charge is 0.463 e. The summed E-state index contributed by atoms with van der Waals surface area (Å²) in [5.41, 5.74) is 0.453.